The summed E-state index contributed by atoms with van der Waals surface area (Å²) in [4.78, 5) is 13.4. The number of nitrogens with one attached hydrogen (secondary N) is 2. The molecule has 0 atom stereocenters. The van der Waals surface area contributed by atoms with Crippen LogP contribution in [-0.4, -0.2) is 67.3 Å². The molecule has 2 N–H and O–H groups in total. The van der Waals surface area contributed by atoms with Crippen molar-refractivity contribution in [3.05, 3.63) is 15.6 Å². The van der Waals surface area contributed by atoms with Crippen LogP contribution in [0.4, 0.5) is 0 Å². The van der Waals surface area contributed by atoms with Crippen molar-refractivity contribution >= 4 is 17.3 Å². The highest BCUT2D eigenvalue weighted by Crippen LogP contribution is 2.18. The van der Waals surface area contributed by atoms with E-state index in [1.54, 1.807) is 0 Å². The van der Waals surface area contributed by atoms with Crippen LogP contribution in [0.1, 0.15) is 43.3 Å². The number of rotatable bonds is 8. The van der Waals surface area contributed by atoms with Crippen LogP contribution in [0.2, 0.25) is 0 Å². The number of hydrogen-bond acceptors (Lipinski definition) is 5. The number of ether oxygens (including phenoxy) is 1. The van der Waals surface area contributed by atoms with Crippen molar-refractivity contribution in [3.8, 4) is 0 Å². The first-order chi connectivity index (χ1) is 12.5. The second-order valence-corrected chi connectivity index (χ2v) is 8.54. The minimum atomic E-state index is 0.0363. The molecule has 26 heavy (non-hydrogen) atoms. The molecule has 0 unspecified atom stereocenters. The molecule has 0 spiro atoms. The lowest BCUT2D eigenvalue weighted by molar-refractivity contribution is -0.00683. The van der Waals surface area contributed by atoms with Crippen molar-refractivity contribution in [2.45, 2.75) is 53.0 Å². The molecule has 0 aliphatic carbocycles. The maximum absolute atomic E-state index is 5.47. The number of aromatic nitrogens is 1. The minimum Gasteiger partial charge on any atom is -0.379 e. The van der Waals surface area contributed by atoms with E-state index in [9.17, 15) is 0 Å². The lowest BCUT2D eigenvalue weighted by Crippen LogP contribution is -2.52. The quantitative estimate of drug-likeness (QED) is 0.534. The summed E-state index contributed by atoms with van der Waals surface area (Å²) >= 11 is 1.81. The fourth-order valence-electron chi connectivity index (χ4n) is 3.09. The third kappa shape index (κ3) is 6.21. The number of guanidine groups is 1. The molecule has 0 aromatic carbocycles. The van der Waals surface area contributed by atoms with Gasteiger partial charge >= 0.3 is 0 Å². The Bertz CT molecular complexity index is 578. The zero-order valence-corrected chi connectivity index (χ0v) is 17.8. The molecule has 6 nitrogen and oxygen atoms in total. The van der Waals surface area contributed by atoms with Crippen LogP contribution in [0, 0.1) is 6.92 Å². The number of aliphatic imine (C=N–C) groups is 1. The Labute approximate surface area is 162 Å². The third-order valence-electron chi connectivity index (χ3n) is 4.74. The Hall–Kier alpha value is -1.18. The summed E-state index contributed by atoms with van der Waals surface area (Å²) in [7, 11) is 0. The van der Waals surface area contributed by atoms with Gasteiger partial charge in [-0.2, -0.15) is 0 Å². The van der Waals surface area contributed by atoms with Crippen LogP contribution in [0.15, 0.2) is 4.99 Å². The summed E-state index contributed by atoms with van der Waals surface area (Å²) in [5.74, 6) is 0.887. The number of aryl methyl sites for hydroxylation is 2. The largest absolute Gasteiger partial charge is 0.379 e. The Morgan fingerprint density at radius 2 is 2.00 bits per heavy atom. The van der Waals surface area contributed by atoms with Crippen molar-refractivity contribution in [1.29, 1.82) is 0 Å². The standard InChI is InChI=1S/C19H35N5OS/c1-6-16-15(3)26-17(23-16)8-9-21-18(20-7-2)22-14-19(4,5)24-10-12-25-13-11-24/h6-14H2,1-5H3,(H2,20,21,22). The van der Waals surface area contributed by atoms with Crippen molar-refractivity contribution in [2.75, 3.05) is 45.9 Å². The SMILES string of the molecule is CCNC(=NCC(C)(C)N1CCOCC1)NCCc1nc(CC)c(C)s1. The Kier molecular flexibility index (Phi) is 8.31. The molecule has 0 bridgehead atoms. The van der Waals surface area contributed by atoms with Gasteiger partial charge in [0.05, 0.1) is 30.5 Å². The molecular formula is C19H35N5OS. The van der Waals surface area contributed by atoms with Gasteiger partial charge in [0.15, 0.2) is 5.96 Å². The summed E-state index contributed by atoms with van der Waals surface area (Å²) in [5, 5.41) is 8.01. The van der Waals surface area contributed by atoms with E-state index in [0.717, 1.165) is 64.7 Å². The van der Waals surface area contributed by atoms with Gasteiger partial charge < -0.3 is 15.4 Å². The molecule has 1 saturated heterocycles. The Balaban J connectivity index is 1.86. The second kappa shape index (κ2) is 10.2. The van der Waals surface area contributed by atoms with E-state index >= 15 is 0 Å². The molecule has 7 heteroatoms. The van der Waals surface area contributed by atoms with Gasteiger partial charge in [-0.1, -0.05) is 6.92 Å². The van der Waals surface area contributed by atoms with Crippen LogP contribution in [0.25, 0.3) is 0 Å². The second-order valence-electron chi connectivity index (χ2n) is 7.25. The van der Waals surface area contributed by atoms with Crippen molar-refractivity contribution in [1.82, 2.24) is 20.5 Å². The van der Waals surface area contributed by atoms with E-state index in [1.807, 2.05) is 11.3 Å². The zero-order valence-electron chi connectivity index (χ0n) is 17.0. The summed E-state index contributed by atoms with van der Waals surface area (Å²) in [5.41, 5.74) is 1.27. The molecular weight excluding hydrogens is 346 g/mol. The first-order valence-electron chi connectivity index (χ1n) is 9.76. The summed E-state index contributed by atoms with van der Waals surface area (Å²) in [6, 6.07) is 0. The van der Waals surface area contributed by atoms with Crippen LogP contribution in [-0.2, 0) is 17.6 Å². The van der Waals surface area contributed by atoms with Gasteiger partial charge in [0.25, 0.3) is 0 Å². The molecule has 1 aromatic rings. The van der Waals surface area contributed by atoms with Crippen LogP contribution < -0.4 is 10.6 Å². The molecule has 0 amide bonds. The first-order valence-corrected chi connectivity index (χ1v) is 10.6. The summed E-state index contributed by atoms with van der Waals surface area (Å²) in [6.45, 7) is 17.0. The van der Waals surface area contributed by atoms with E-state index in [0.29, 0.717) is 0 Å². The molecule has 1 aliphatic heterocycles. The normalized spacial score (nSPS) is 16.7. The smallest absolute Gasteiger partial charge is 0.191 e. The van der Waals surface area contributed by atoms with Gasteiger partial charge in [-0.05, 0) is 34.1 Å². The fraction of sp³-hybridized carbons (Fsp3) is 0.789. The number of morpholine rings is 1. The van der Waals surface area contributed by atoms with E-state index in [-0.39, 0.29) is 5.54 Å². The lowest BCUT2D eigenvalue weighted by Gasteiger charge is -2.39. The summed E-state index contributed by atoms with van der Waals surface area (Å²) < 4.78 is 5.47. The number of nitrogens with zero attached hydrogens (tertiary/aromatic N) is 3. The maximum Gasteiger partial charge on any atom is 0.191 e. The molecule has 1 aromatic heterocycles. The molecule has 148 valence electrons. The average molecular weight is 382 g/mol. The van der Waals surface area contributed by atoms with Gasteiger partial charge in [-0.3, -0.25) is 9.89 Å². The van der Waals surface area contributed by atoms with Gasteiger partial charge in [0.1, 0.15) is 0 Å². The van der Waals surface area contributed by atoms with Gasteiger partial charge in [0, 0.05) is 43.0 Å². The Morgan fingerprint density at radius 3 is 2.62 bits per heavy atom. The minimum absolute atomic E-state index is 0.0363. The van der Waals surface area contributed by atoms with Crippen LogP contribution in [0.5, 0.6) is 0 Å². The highest BCUT2D eigenvalue weighted by molar-refractivity contribution is 7.11. The van der Waals surface area contributed by atoms with Crippen LogP contribution >= 0.6 is 11.3 Å². The van der Waals surface area contributed by atoms with Crippen LogP contribution in [0.3, 0.4) is 0 Å². The van der Waals surface area contributed by atoms with Gasteiger partial charge in [0.2, 0.25) is 0 Å². The van der Waals surface area contributed by atoms with Crippen molar-refractivity contribution in [2.24, 2.45) is 4.99 Å². The van der Waals surface area contributed by atoms with E-state index in [4.69, 9.17) is 14.7 Å². The topological polar surface area (TPSA) is 61.8 Å². The third-order valence-corrected chi connectivity index (χ3v) is 5.81. The van der Waals surface area contributed by atoms with Gasteiger partial charge in [-0.15, -0.1) is 11.3 Å². The maximum atomic E-state index is 5.47. The van der Waals surface area contributed by atoms with Crippen molar-refractivity contribution < 1.29 is 4.74 Å². The zero-order chi connectivity index (χ0) is 19.0. The monoisotopic (exact) mass is 381 g/mol. The summed E-state index contributed by atoms with van der Waals surface area (Å²) in [6.07, 6.45) is 1.94. The lowest BCUT2D eigenvalue weighted by atomic mass is 10.0. The fourth-order valence-corrected chi connectivity index (χ4v) is 4.11. The molecule has 0 radical (unpaired) electrons. The molecule has 0 saturated carbocycles. The highest BCUT2D eigenvalue weighted by Gasteiger charge is 2.28. The van der Waals surface area contributed by atoms with E-state index in [2.05, 4.69) is 50.2 Å². The molecule has 1 fully saturated rings. The molecule has 1 aliphatic rings. The number of thiazole rings is 1. The predicted molar refractivity (Wildman–Crippen MR) is 110 cm³/mol. The van der Waals surface area contributed by atoms with E-state index < -0.39 is 0 Å². The molecule has 2 rings (SSSR count). The van der Waals surface area contributed by atoms with Gasteiger partial charge in [-0.25, -0.2) is 4.98 Å². The highest BCUT2D eigenvalue weighted by atomic mass is 32.1. The number of hydrogen-bond donors (Lipinski definition) is 2. The van der Waals surface area contributed by atoms with Crippen molar-refractivity contribution in [3.63, 3.8) is 0 Å². The predicted octanol–water partition coefficient (Wildman–Crippen LogP) is 2.22. The first kappa shape index (κ1) is 21.1. The van der Waals surface area contributed by atoms with E-state index in [1.165, 1.54) is 15.6 Å². The molecule has 2 heterocycles. The average Bonchev–Trinajstić information content (AvgIpc) is 3.00. The Morgan fingerprint density at radius 1 is 1.27 bits per heavy atom.